The molecule has 0 aliphatic carbocycles. The van der Waals surface area contributed by atoms with Gasteiger partial charge in [-0.2, -0.15) is 0 Å². The van der Waals surface area contributed by atoms with E-state index in [2.05, 4.69) is 50.3 Å². The number of allylic oxidation sites excluding steroid dienone is 6. The van der Waals surface area contributed by atoms with Crippen LogP contribution in [-0.4, -0.2) is 87.4 Å². The van der Waals surface area contributed by atoms with Crippen molar-refractivity contribution in [3.05, 3.63) is 36.5 Å². The number of likely N-dealkylation sites (N-methyl/N-ethyl adjacent to an activating group) is 1. The van der Waals surface area contributed by atoms with E-state index in [1.165, 1.54) is 193 Å². The molecule has 0 aromatic carbocycles. The van der Waals surface area contributed by atoms with Gasteiger partial charge in [0.25, 0.3) is 6.29 Å². The van der Waals surface area contributed by atoms with E-state index >= 15 is 0 Å². The van der Waals surface area contributed by atoms with Crippen molar-refractivity contribution in [2.24, 2.45) is 0 Å². The van der Waals surface area contributed by atoms with Crippen LogP contribution in [0.3, 0.4) is 0 Å². The van der Waals surface area contributed by atoms with Crippen LogP contribution >= 0.6 is 0 Å². The number of esters is 2. The first-order chi connectivity index (χ1) is 34.1. The van der Waals surface area contributed by atoms with Crippen LogP contribution in [0.5, 0.6) is 0 Å². The molecule has 0 aromatic rings. The van der Waals surface area contributed by atoms with Gasteiger partial charge < -0.3 is 28.5 Å². The first-order valence-electron chi connectivity index (χ1n) is 29.7. The quantitative estimate of drug-likeness (QED) is 0.0211. The number of carboxylic acids is 1. The number of aliphatic carboxylic acids is 1. The molecule has 0 aromatic heterocycles. The number of carbonyl (C=O) groups is 3. The highest BCUT2D eigenvalue weighted by Gasteiger charge is 2.25. The number of hydrogen-bond donors (Lipinski definition) is 1. The molecule has 0 radical (unpaired) electrons. The Hall–Kier alpha value is -2.49. The van der Waals surface area contributed by atoms with Crippen molar-refractivity contribution in [3.8, 4) is 0 Å². The Balaban J connectivity index is 4.18. The molecule has 0 rings (SSSR count). The highest BCUT2D eigenvalue weighted by molar-refractivity contribution is 5.71. The highest BCUT2D eigenvalue weighted by Crippen LogP contribution is 2.17. The van der Waals surface area contributed by atoms with E-state index in [1.54, 1.807) is 0 Å². The average Bonchev–Trinajstić information content (AvgIpc) is 3.33. The molecule has 0 spiro atoms. The molecule has 0 amide bonds. The first kappa shape index (κ1) is 67.5. The number of hydrogen-bond acceptors (Lipinski definition) is 7. The third kappa shape index (κ3) is 53.3. The summed E-state index contributed by atoms with van der Waals surface area (Å²) in [6, 6.07) is 0. The molecule has 0 fully saturated rings. The predicted molar refractivity (Wildman–Crippen MR) is 295 cm³/mol. The van der Waals surface area contributed by atoms with Crippen LogP contribution in [0.15, 0.2) is 36.5 Å². The van der Waals surface area contributed by atoms with Crippen LogP contribution in [0.4, 0.5) is 0 Å². The van der Waals surface area contributed by atoms with Gasteiger partial charge in [-0.3, -0.25) is 9.59 Å². The Bertz CT molecular complexity index is 1240. The van der Waals surface area contributed by atoms with Gasteiger partial charge in [0.2, 0.25) is 0 Å². The topological polar surface area (TPSA) is 108 Å². The van der Waals surface area contributed by atoms with Crippen molar-refractivity contribution in [1.82, 2.24) is 0 Å². The molecule has 9 heteroatoms. The largest absolute Gasteiger partial charge is 0.477 e. The fraction of sp³-hybridized carbons (Fsp3) is 0.852. The summed E-state index contributed by atoms with van der Waals surface area (Å²) in [6.07, 6.45) is 60.8. The number of ether oxygens (including phenoxy) is 4. The maximum atomic E-state index is 12.9. The van der Waals surface area contributed by atoms with E-state index in [9.17, 15) is 19.5 Å². The molecule has 1 N–H and O–H groups in total. The van der Waals surface area contributed by atoms with E-state index in [0.29, 0.717) is 23.9 Å². The van der Waals surface area contributed by atoms with E-state index in [-0.39, 0.29) is 32.2 Å². The van der Waals surface area contributed by atoms with Gasteiger partial charge in [-0.15, -0.1) is 0 Å². The highest BCUT2D eigenvalue weighted by atomic mass is 16.7. The van der Waals surface area contributed by atoms with Crippen molar-refractivity contribution >= 4 is 17.9 Å². The minimum Gasteiger partial charge on any atom is -0.477 e. The van der Waals surface area contributed by atoms with Crippen LogP contribution in [0.2, 0.25) is 0 Å². The van der Waals surface area contributed by atoms with Gasteiger partial charge in [-0.05, 0) is 70.6 Å². The van der Waals surface area contributed by atoms with Crippen LogP contribution in [-0.2, 0) is 33.3 Å². The lowest BCUT2D eigenvalue weighted by molar-refractivity contribution is -0.870. The second-order valence-electron chi connectivity index (χ2n) is 21.3. The monoisotopic (exact) mass is 989 g/mol. The second-order valence-corrected chi connectivity index (χ2v) is 21.3. The van der Waals surface area contributed by atoms with E-state index < -0.39 is 24.3 Å². The lowest BCUT2D eigenvalue weighted by Gasteiger charge is -2.25. The normalized spacial score (nSPS) is 13.0. The summed E-state index contributed by atoms with van der Waals surface area (Å²) in [5.74, 6) is -2.00. The molecule has 9 nitrogen and oxygen atoms in total. The summed E-state index contributed by atoms with van der Waals surface area (Å²) in [6.45, 7) is 4.89. The summed E-state index contributed by atoms with van der Waals surface area (Å²) < 4.78 is 22.9. The maximum Gasteiger partial charge on any atom is 0.361 e. The fourth-order valence-corrected chi connectivity index (χ4v) is 8.51. The Morgan fingerprint density at radius 2 is 0.771 bits per heavy atom. The standard InChI is InChI=1S/C61H113NO8/c1-6-8-10-12-14-16-18-20-22-24-26-27-28-29-30-31-32-33-34-36-37-39-41-43-45-47-49-51-58(63)68-55-57(56-69-61(60(65)66)67-54-53-62(3,4)5)70-59(64)52-50-48-46-44-42-40-38-35-25-23-21-19-17-15-13-11-9-7-2/h17,19,23-26,57,61H,6-16,18,20-22,27-56H2,1-5H3/p+1/b19-17-,25-23-,26-24-. The third-order valence-electron chi connectivity index (χ3n) is 13.1. The van der Waals surface area contributed by atoms with Crippen LogP contribution < -0.4 is 0 Å². The van der Waals surface area contributed by atoms with Crippen molar-refractivity contribution in [2.75, 3.05) is 47.5 Å². The predicted octanol–water partition coefficient (Wildman–Crippen LogP) is 17.3. The van der Waals surface area contributed by atoms with Crippen molar-refractivity contribution in [1.29, 1.82) is 0 Å². The Labute approximate surface area is 432 Å². The van der Waals surface area contributed by atoms with Crippen LogP contribution in [0, 0.1) is 0 Å². The minimum atomic E-state index is -1.51. The molecule has 410 valence electrons. The van der Waals surface area contributed by atoms with Gasteiger partial charge >= 0.3 is 17.9 Å². The summed E-state index contributed by atoms with van der Waals surface area (Å²) in [4.78, 5) is 37.4. The molecule has 2 unspecified atom stereocenters. The van der Waals surface area contributed by atoms with E-state index in [1.807, 2.05) is 21.1 Å². The smallest absolute Gasteiger partial charge is 0.361 e. The summed E-state index contributed by atoms with van der Waals surface area (Å²) in [5.41, 5.74) is 0. The zero-order chi connectivity index (χ0) is 51.3. The van der Waals surface area contributed by atoms with Crippen LogP contribution in [0.1, 0.15) is 277 Å². The van der Waals surface area contributed by atoms with Gasteiger partial charge in [-0.1, -0.05) is 230 Å². The van der Waals surface area contributed by atoms with Crippen molar-refractivity contribution in [2.45, 2.75) is 289 Å². The number of unbranched alkanes of at least 4 members (excludes halogenated alkanes) is 34. The molecule has 0 heterocycles. The lowest BCUT2D eigenvalue weighted by Crippen LogP contribution is -2.40. The number of carboxylic acid groups (broad SMARTS) is 1. The molecular weight excluding hydrogens is 875 g/mol. The van der Waals surface area contributed by atoms with Gasteiger partial charge in [0.1, 0.15) is 13.2 Å². The Morgan fingerprint density at radius 3 is 1.16 bits per heavy atom. The molecule has 0 aliphatic rings. The molecular formula is C61H114NO8+. The van der Waals surface area contributed by atoms with Gasteiger partial charge in [-0.25, -0.2) is 4.79 Å². The number of nitrogens with zero attached hydrogens (tertiary/aromatic N) is 1. The van der Waals surface area contributed by atoms with E-state index in [0.717, 1.165) is 51.4 Å². The van der Waals surface area contributed by atoms with Gasteiger partial charge in [0.05, 0.1) is 34.4 Å². The zero-order valence-electron chi connectivity index (χ0n) is 46.7. The lowest BCUT2D eigenvalue weighted by atomic mass is 10.0. The second kappa shape index (κ2) is 52.8. The Morgan fingerprint density at radius 1 is 0.429 bits per heavy atom. The summed E-state index contributed by atoms with van der Waals surface area (Å²) >= 11 is 0. The van der Waals surface area contributed by atoms with Crippen molar-refractivity contribution < 1.29 is 42.9 Å². The molecule has 0 aliphatic heterocycles. The van der Waals surface area contributed by atoms with Gasteiger partial charge in [0.15, 0.2) is 6.10 Å². The SMILES string of the molecule is CCCCCC/C=C\C/C=C\CCCCCCCCCC(=O)OC(COC(=O)CCCCCCCCCCCCCCCCC/C=C\CCCCCCCCCC)COC(OCC[N+](C)(C)C)C(=O)O. The Kier molecular flexibility index (Phi) is 50.9. The minimum absolute atomic E-state index is 0.182. The summed E-state index contributed by atoms with van der Waals surface area (Å²) in [7, 11) is 5.97. The molecule has 2 atom stereocenters. The molecule has 70 heavy (non-hydrogen) atoms. The third-order valence-corrected chi connectivity index (χ3v) is 13.1. The van der Waals surface area contributed by atoms with Gasteiger partial charge in [0, 0.05) is 12.8 Å². The molecule has 0 bridgehead atoms. The number of rotatable bonds is 55. The first-order valence-corrected chi connectivity index (χ1v) is 29.7. The maximum absolute atomic E-state index is 12.9. The summed E-state index contributed by atoms with van der Waals surface area (Å²) in [5, 5.41) is 9.70. The molecule has 0 saturated carbocycles. The van der Waals surface area contributed by atoms with Crippen LogP contribution in [0.25, 0.3) is 0 Å². The number of quaternary nitrogens is 1. The zero-order valence-corrected chi connectivity index (χ0v) is 46.7. The van der Waals surface area contributed by atoms with Crippen molar-refractivity contribution in [3.63, 3.8) is 0 Å². The van der Waals surface area contributed by atoms with E-state index in [4.69, 9.17) is 18.9 Å². The fourth-order valence-electron chi connectivity index (χ4n) is 8.51. The molecule has 0 saturated heterocycles. The average molecular weight is 990 g/mol. The number of carbonyl (C=O) groups excluding carboxylic acids is 2.